The van der Waals surface area contributed by atoms with Crippen LogP contribution in [0.15, 0.2) is 16.8 Å². The number of hydrogen-bond acceptors (Lipinski definition) is 2. The third-order valence-corrected chi connectivity index (χ3v) is 6.27. The van der Waals surface area contributed by atoms with Crippen LogP contribution in [0.1, 0.15) is 52.9 Å². The van der Waals surface area contributed by atoms with Gasteiger partial charge in [0, 0.05) is 0 Å². The molecule has 3 aliphatic rings. The van der Waals surface area contributed by atoms with Crippen molar-refractivity contribution >= 4 is 6.21 Å². The summed E-state index contributed by atoms with van der Waals surface area (Å²) in [6.07, 6.45) is 10.5. The number of allylic oxidation sites excluding steroid dienone is 2. The molecule has 2 heteroatoms. The first-order chi connectivity index (χ1) is 8.50. The largest absolute Gasteiger partial charge is 0.411 e. The second-order valence-electron chi connectivity index (χ2n) is 7.46. The van der Waals surface area contributed by atoms with E-state index in [1.165, 1.54) is 32.1 Å². The molecule has 0 amide bonds. The van der Waals surface area contributed by atoms with Crippen molar-refractivity contribution < 1.29 is 5.21 Å². The highest BCUT2D eigenvalue weighted by Crippen LogP contribution is 2.70. The molecule has 3 rings (SSSR count). The standard InChI is InChI=1S/C16H25NO/c1-15(2)8-4-9-16(3)12(7-10-17-18)11-5-6-13(16)14(11)15/h7,10-11,13-14,18H,4-6,8-9H2,1-3H3/b12-7-,17-10+/t11-,13-,14-,16-/m1/s1. The van der Waals surface area contributed by atoms with Crippen molar-refractivity contribution in [3.63, 3.8) is 0 Å². The van der Waals surface area contributed by atoms with Crippen LogP contribution < -0.4 is 0 Å². The zero-order chi connectivity index (χ0) is 13.0. The molecule has 0 unspecified atom stereocenters. The van der Waals surface area contributed by atoms with E-state index in [1.54, 1.807) is 11.8 Å². The van der Waals surface area contributed by atoms with Gasteiger partial charge in [-0.2, -0.15) is 0 Å². The summed E-state index contributed by atoms with van der Waals surface area (Å²) in [5.74, 6) is 2.45. The molecule has 0 aromatic rings. The first kappa shape index (κ1) is 12.3. The summed E-state index contributed by atoms with van der Waals surface area (Å²) in [5.41, 5.74) is 2.44. The Balaban J connectivity index is 2.07. The van der Waals surface area contributed by atoms with Gasteiger partial charge < -0.3 is 5.21 Å². The average Bonchev–Trinajstić information content (AvgIpc) is 2.79. The third kappa shape index (κ3) is 1.44. The van der Waals surface area contributed by atoms with Crippen molar-refractivity contribution in [3.05, 3.63) is 11.6 Å². The molecule has 3 saturated carbocycles. The molecule has 0 aliphatic heterocycles. The van der Waals surface area contributed by atoms with Crippen molar-refractivity contribution in [2.45, 2.75) is 52.9 Å². The lowest BCUT2D eigenvalue weighted by Gasteiger charge is -2.36. The SMILES string of the molecule is CC1(C)CCC[C@]2(C)/C(=C\C=N\O)[C@H]3CC[C@@H]2[C@@H]31. The molecule has 2 nitrogen and oxygen atoms in total. The smallest absolute Gasteiger partial charge is 0.0661 e. The van der Waals surface area contributed by atoms with Crippen LogP contribution in [0.4, 0.5) is 0 Å². The molecule has 0 spiro atoms. The van der Waals surface area contributed by atoms with Gasteiger partial charge in [-0.05, 0) is 60.3 Å². The number of hydrogen-bond donors (Lipinski definition) is 1. The second-order valence-corrected chi connectivity index (χ2v) is 7.46. The fraction of sp³-hybridized carbons (Fsp3) is 0.812. The van der Waals surface area contributed by atoms with E-state index in [0.717, 1.165) is 17.8 Å². The molecular formula is C16H25NO. The summed E-state index contributed by atoms with van der Waals surface area (Å²) in [6.45, 7) is 7.40. The van der Waals surface area contributed by atoms with Gasteiger partial charge in [-0.1, -0.05) is 37.9 Å². The Morgan fingerprint density at radius 1 is 1.22 bits per heavy atom. The predicted molar refractivity (Wildman–Crippen MR) is 73.8 cm³/mol. The van der Waals surface area contributed by atoms with Gasteiger partial charge in [0.1, 0.15) is 0 Å². The van der Waals surface area contributed by atoms with Crippen LogP contribution >= 0.6 is 0 Å². The zero-order valence-electron chi connectivity index (χ0n) is 11.8. The lowest BCUT2D eigenvalue weighted by Crippen LogP contribution is -2.28. The maximum atomic E-state index is 8.70. The Kier molecular flexibility index (Phi) is 2.62. The molecule has 3 aliphatic carbocycles. The van der Waals surface area contributed by atoms with E-state index in [-0.39, 0.29) is 0 Å². The van der Waals surface area contributed by atoms with E-state index in [2.05, 4.69) is 32.0 Å². The van der Waals surface area contributed by atoms with Crippen LogP contribution in [0.5, 0.6) is 0 Å². The molecule has 1 N–H and O–H groups in total. The lowest BCUT2D eigenvalue weighted by molar-refractivity contribution is 0.141. The minimum Gasteiger partial charge on any atom is -0.411 e. The molecule has 0 aromatic heterocycles. The zero-order valence-corrected chi connectivity index (χ0v) is 11.8. The first-order valence-corrected chi connectivity index (χ1v) is 7.39. The highest BCUT2D eigenvalue weighted by Gasteiger charge is 2.62. The van der Waals surface area contributed by atoms with Crippen LogP contribution in [-0.4, -0.2) is 11.4 Å². The van der Waals surface area contributed by atoms with Crippen molar-refractivity contribution in [3.8, 4) is 0 Å². The van der Waals surface area contributed by atoms with Crippen LogP contribution in [0.3, 0.4) is 0 Å². The van der Waals surface area contributed by atoms with Crippen LogP contribution in [-0.2, 0) is 0 Å². The molecule has 0 heterocycles. The minimum absolute atomic E-state index is 0.378. The second kappa shape index (κ2) is 3.85. The van der Waals surface area contributed by atoms with Crippen molar-refractivity contribution in [1.82, 2.24) is 0 Å². The van der Waals surface area contributed by atoms with E-state index in [9.17, 15) is 0 Å². The number of rotatable bonds is 1. The van der Waals surface area contributed by atoms with Gasteiger partial charge in [-0.25, -0.2) is 0 Å². The molecule has 3 fully saturated rings. The highest BCUT2D eigenvalue weighted by atomic mass is 16.4. The normalized spacial score (nSPS) is 47.9. The summed E-state index contributed by atoms with van der Waals surface area (Å²) < 4.78 is 0. The average molecular weight is 247 g/mol. The van der Waals surface area contributed by atoms with Gasteiger partial charge in [0.2, 0.25) is 0 Å². The van der Waals surface area contributed by atoms with Gasteiger partial charge in [0.05, 0.1) is 6.21 Å². The van der Waals surface area contributed by atoms with Gasteiger partial charge >= 0.3 is 0 Å². The van der Waals surface area contributed by atoms with Crippen LogP contribution in [0, 0.1) is 28.6 Å². The van der Waals surface area contributed by atoms with Gasteiger partial charge in [0.15, 0.2) is 0 Å². The summed E-state index contributed by atoms with van der Waals surface area (Å²) in [5, 5.41) is 11.9. The summed E-state index contributed by atoms with van der Waals surface area (Å²) in [6, 6.07) is 0. The highest BCUT2D eigenvalue weighted by molar-refractivity contribution is 5.72. The number of nitrogens with zero attached hydrogens (tertiary/aromatic N) is 1. The third-order valence-electron chi connectivity index (χ3n) is 6.27. The van der Waals surface area contributed by atoms with Gasteiger partial charge in [-0.15, -0.1) is 0 Å². The van der Waals surface area contributed by atoms with E-state index in [1.807, 2.05) is 0 Å². The Morgan fingerprint density at radius 3 is 2.72 bits per heavy atom. The van der Waals surface area contributed by atoms with E-state index in [4.69, 9.17) is 5.21 Å². The summed E-state index contributed by atoms with van der Waals surface area (Å²) in [4.78, 5) is 0. The predicted octanol–water partition coefficient (Wildman–Crippen LogP) is 4.25. The quantitative estimate of drug-likeness (QED) is 0.419. The molecule has 18 heavy (non-hydrogen) atoms. The molecule has 0 aromatic carbocycles. The van der Waals surface area contributed by atoms with Crippen molar-refractivity contribution in [1.29, 1.82) is 0 Å². The van der Waals surface area contributed by atoms with Crippen LogP contribution in [0.2, 0.25) is 0 Å². The fourth-order valence-corrected chi connectivity index (χ4v) is 5.62. The van der Waals surface area contributed by atoms with E-state index < -0.39 is 0 Å². The van der Waals surface area contributed by atoms with E-state index in [0.29, 0.717) is 10.8 Å². The fourth-order valence-electron chi connectivity index (χ4n) is 5.62. The maximum Gasteiger partial charge on any atom is 0.0661 e. The Labute approximate surface area is 110 Å². The molecular weight excluding hydrogens is 222 g/mol. The number of oxime groups is 1. The molecule has 4 atom stereocenters. The Hall–Kier alpha value is -0.790. The summed E-state index contributed by atoms with van der Waals surface area (Å²) >= 11 is 0. The van der Waals surface area contributed by atoms with E-state index >= 15 is 0 Å². The molecule has 0 saturated heterocycles. The summed E-state index contributed by atoms with van der Waals surface area (Å²) in [7, 11) is 0. The monoisotopic (exact) mass is 247 g/mol. The minimum atomic E-state index is 0.378. The first-order valence-electron chi connectivity index (χ1n) is 7.39. The maximum absolute atomic E-state index is 8.70. The molecule has 4 bridgehead atoms. The van der Waals surface area contributed by atoms with Gasteiger partial charge in [-0.3, -0.25) is 0 Å². The lowest BCUT2D eigenvalue weighted by atomic mass is 9.68. The van der Waals surface area contributed by atoms with Crippen LogP contribution in [0.25, 0.3) is 0 Å². The topological polar surface area (TPSA) is 32.6 Å². The van der Waals surface area contributed by atoms with Crippen molar-refractivity contribution in [2.75, 3.05) is 0 Å². The molecule has 0 radical (unpaired) electrons. The van der Waals surface area contributed by atoms with Crippen molar-refractivity contribution in [2.24, 2.45) is 33.7 Å². The molecule has 100 valence electrons. The van der Waals surface area contributed by atoms with Gasteiger partial charge in [0.25, 0.3) is 0 Å². The Morgan fingerprint density at radius 2 is 2.00 bits per heavy atom. The Bertz CT molecular complexity index is 409.